The first-order chi connectivity index (χ1) is 16.2. The molecule has 5 nitrogen and oxygen atoms in total. The van der Waals surface area contributed by atoms with E-state index < -0.39 is 63.4 Å². The Labute approximate surface area is 239 Å². The molecule has 0 aromatic carbocycles. The van der Waals surface area contributed by atoms with Crippen LogP contribution in [0.25, 0.3) is 0 Å². The summed E-state index contributed by atoms with van der Waals surface area (Å²) in [5.74, 6) is -0.196. The second-order valence-corrected chi connectivity index (χ2v) is 68.4. The lowest BCUT2D eigenvalue weighted by Gasteiger charge is -2.64. The Morgan fingerprint density at radius 1 is 0.622 bits per heavy atom. The number of rotatable bonds is 14. The van der Waals surface area contributed by atoms with Gasteiger partial charge in [-0.2, -0.15) is 0 Å². The fraction of sp³-hybridized carbons (Fsp3) is 1.00. The molecule has 0 aliphatic carbocycles. The first-order valence-electron chi connectivity index (χ1n) is 14.6. The van der Waals surface area contributed by atoms with Crippen LogP contribution in [0.2, 0.25) is 117 Å². The van der Waals surface area contributed by atoms with Gasteiger partial charge in [0.2, 0.25) is 7.83 Å². The van der Waals surface area contributed by atoms with Crippen LogP contribution in [0.3, 0.4) is 0 Å². The molecule has 1 atom stereocenters. The highest BCUT2D eigenvalue weighted by atomic mass is 29.9. The van der Waals surface area contributed by atoms with Crippen LogP contribution in [0.5, 0.6) is 0 Å². The Morgan fingerprint density at radius 3 is 1.30 bits per heavy atom. The lowest BCUT2D eigenvalue weighted by atomic mass is 10.4. The maximum atomic E-state index is 7.51. The van der Waals surface area contributed by atoms with Crippen molar-refractivity contribution in [3.05, 3.63) is 0 Å². The summed E-state index contributed by atoms with van der Waals surface area (Å²) in [6.07, 6.45) is 3.53. The van der Waals surface area contributed by atoms with E-state index in [4.69, 9.17) is 21.5 Å². The van der Waals surface area contributed by atoms with E-state index in [9.17, 15) is 0 Å². The van der Waals surface area contributed by atoms with Crippen LogP contribution in [0, 0.1) is 0 Å². The Hall–Kier alpha value is 1.54. The van der Waals surface area contributed by atoms with Crippen molar-refractivity contribution < 1.29 is 21.5 Å². The van der Waals surface area contributed by atoms with Crippen LogP contribution in [-0.4, -0.2) is 75.9 Å². The third kappa shape index (κ3) is 9.53. The van der Waals surface area contributed by atoms with Crippen molar-refractivity contribution in [2.45, 2.75) is 149 Å². The van der Waals surface area contributed by atoms with Gasteiger partial charge in [0.25, 0.3) is 0 Å². The Bertz CT molecular complexity index is 685. The highest BCUT2D eigenvalue weighted by molar-refractivity contribution is 7.88. The molecule has 37 heavy (non-hydrogen) atoms. The Kier molecular flexibility index (Phi) is 12.3. The minimum absolute atomic E-state index is 0.196. The van der Waals surface area contributed by atoms with Crippen LogP contribution < -0.4 is 0 Å². The summed E-state index contributed by atoms with van der Waals surface area (Å²) in [5.41, 5.74) is 0. The van der Waals surface area contributed by atoms with Crippen molar-refractivity contribution in [1.82, 2.24) is 0 Å². The molecule has 13 heteroatoms. The molecule has 1 fully saturated rings. The molecule has 1 rings (SSSR count). The monoisotopic (exact) mass is 656 g/mol. The van der Waals surface area contributed by atoms with Gasteiger partial charge in [0, 0.05) is 6.61 Å². The van der Waals surface area contributed by atoms with Crippen LogP contribution in [0.1, 0.15) is 26.2 Å². The molecule has 0 saturated carbocycles. The topological polar surface area (TPSA) is 46.2 Å². The smallest absolute Gasteiger partial charge is 0.238 e. The molecule has 1 unspecified atom stereocenters. The van der Waals surface area contributed by atoms with E-state index in [2.05, 4.69) is 112 Å². The zero-order chi connectivity index (χ0) is 29.4. The lowest BCUT2D eigenvalue weighted by molar-refractivity contribution is 0.0324. The van der Waals surface area contributed by atoms with Gasteiger partial charge >= 0.3 is 0 Å². The van der Waals surface area contributed by atoms with Gasteiger partial charge < -0.3 is 21.5 Å². The maximum Gasteiger partial charge on any atom is 0.238 e. The standard InChI is InChI=1S/C24H64O5Si8/c1-18-22-37(34(14,15)28-32(8,9)10,35(16,17)29-33(11,12)13)36(23-20-19-21-25-36)24(26-30(2,3)4)27-31(5,6)7/h24H,18-23H2,1-17H3. The quantitative estimate of drug-likeness (QED) is 0.139. The summed E-state index contributed by atoms with van der Waals surface area (Å²) in [4.78, 5) is 0. The molecule has 222 valence electrons. The third-order valence-corrected chi connectivity index (χ3v) is 80.0. The van der Waals surface area contributed by atoms with Crippen LogP contribution in [0.4, 0.5) is 0 Å². The van der Waals surface area contributed by atoms with E-state index in [1.807, 2.05) is 0 Å². The molecule has 0 aromatic heterocycles. The Morgan fingerprint density at radius 2 is 1.03 bits per heavy atom. The van der Waals surface area contributed by atoms with Crippen LogP contribution >= 0.6 is 0 Å². The fourth-order valence-corrected chi connectivity index (χ4v) is 108. The van der Waals surface area contributed by atoms with Gasteiger partial charge in [-0.1, -0.05) is 25.8 Å². The molecule has 1 saturated heterocycles. The predicted octanol–water partition coefficient (Wildman–Crippen LogP) is 8.52. The summed E-state index contributed by atoms with van der Waals surface area (Å²) in [6.45, 7) is 39.4. The minimum Gasteiger partial charge on any atom is -0.458 e. The van der Waals surface area contributed by atoms with Crippen molar-refractivity contribution in [2.24, 2.45) is 0 Å². The minimum atomic E-state index is -2.62. The van der Waals surface area contributed by atoms with Crippen molar-refractivity contribution >= 4 is 63.4 Å². The largest absolute Gasteiger partial charge is 0.458 e. The second kappa shape index (κ2) is 12.4. The van der Waals surface area contributed by atoms with E-state index in [-0.39, 0.29) is 5.91 Å². The summed E-state index contributed by atoms with van der Waals surface area (Å²) >= 11 is 0. The van der Waals surface area contributed by atoms with Gasteiger partial charge in [0.1, 0.15) is 12.5 Å². The Balaban J connectivity index is 4.24. The lowest BCUT2D eigenvalue weighted by Crippen LogP contribution is -2.93. The van der Waals surface area contributed by atoms with Crippen molar-refractivity contribution in [1.29, 1.82) is 0 Å². The van der Waals surface area contributed by atoms with Gasteiger partial charge in [-0.05, 0) is 117 Å². The molecule has 1 aliphatic rings. The van der Waals surface area contributed by atoms with Crippen molar-refractivity contribution in [3.63, 3.8) is 0 Å². The first kappa shape index (κ1) is 36.6. The molecule has 0 amide bonds. The molecule has 0 aromatic rings. The molecule has 0 spiro atoms. The average Bonchev–Trinajstić information content (AvgIpc) is 2.59. The molecule has 0 N–H and O–H groups in total. The summed E-state index contributed by atoms with van der Waals surface area (Å²) in [6, 6.07) is 2.38. The second-order valence-electron chi connectivity index (χ2n) is 16.1. The summed E-state index contributed by atoms with van der Waals surface area (Å²) in [7, 11) is -14.7. The molecule has 1 heterocycles. The third-order valence-electron chi connectivity index (χ3n) is 7.13. The summed E-state index contributed by atoms with van der Waals surface area (Å²) < 4.78 is 37.0. The van der Waals surface area contributed by atoms with Gasteiger partial charge in [0.15, 0.2) is 48.9 Å². The van der Waals surface area contributed by atoms with Gasteiger partial charge in [-0.3, -0.25) is 0 Å². The zero-order valence-electron chi connectivity index (χ0n) is 27.9. The van der Waals surface area contributed by atoms with Crippen molar-refractivity contribution in [3.8, 4) is 0 Å². The normalized spacial score (nSPS) is 21.6. The van der Waals surface area contributed by atoms with Crippen molar-refractivity contribution in [2.75, 3.05) is 6.61 Å². The predicted molar refractivity (Wildman–Crippen MR) is 183 cm³/mol. The molecule has 0 radical (unpaired) electrons. The van der Waals surface area contributed by atoms with Crippen LogP contribution in [0.15, 0.2) is 0 Å². The average molecular weight is 657 g/mol. The molecular weight excluding hydrogens is 593 g/mol. The number of hydrogen-bond donors (Lipinski definition) is 0. The van der Waals surface area contributed by atoms with E-state index in [1.54, 1.807) is 0 Å². The van der Waals surface area contributed by atoms with E-state index in [0.29, 0.717) is 0 Å². The van der Waals surface area contributed by atoms with Gasteiger partial charge in [-0.25, -0.2) is 0 Å². The fourth-order valence-electron chi connectivity index (χ4n) is 7.03. The highest BCUT2D eigenvalue weighted by Gasteiger charge is 2.77. The molecule has 1 aliphatic heterocycles. The van der Waals surface area contributed by atoms with Gasteiger partial charge in [0.05, 0.1) is 0 Å². The highest BCUT2D eigenvalue weighted by Crippen LogP contribution is 2.50. The maximum absolute atomic E-state index is 7.51. The van der Waals surface area contributed by atoms with Gasteiger partial charge in [-0.15, -0.1) is 0 Å². The molecular formula is C24H64O5Si8. The van der Waals surface area contributed by atoms with Crippen LogP contribution in [-0.2, 0) is 21.5 Å². The first-order valence-corrected chi connectivity index (χ1v) is 41.5. The molecule has 0 bridgehead atoms. The van der Waals surface area contributed by atoms with E-state index in [0.717, 1.165) is 25.5 Å². The zero-order valence-corrected chi connectivity index (χ0v) is 35.9. The summed E-state index contributed by atoms with van der Waals surface area (Å²) in [5, 5.41) is 0. The number of hydrogen-bond acceptors (Lipinski definition) is 5. The van der Waals surface area contributed by atoms with E-state index >= 15 is 0 Å². The van der Waals surface area contributed by atoms with E-state index in [1.165, 1.54) is 12.5 Å². The SMILES string of the molecule is CCC[Si]([Si](C)(C)O[Si](C)(C)C)([Si](C)(C)O[Si](C)(C)C)[Si]1(C(O[Si](C)(C)C)O[Si](C)(C)C)CCCCO1.